The van der Waals surface area contributed by atoms with Crippen LogP contribution in [-0.4, -0.2) is 28.9 Å². The number of rotatable bonds is 5. The summed E-state index contributed by atoms with van der Waals surface area (Å²) in [7, 11) is 0. The van der Waals surface area contributed by atoms with Crippen molar-refractivity contribution in [1.82, 2.24) is 15.1 Å². The zero-order valence-corrected chi connectivity index (χ0v) is 15.3. The lowest BCUT2D eigenvalue weighted by Gasteiger charge is -2.22. The van der Waals surface area contributed by atoms with Crippen LogP contribution < -0.4 is 14.8 Å². The molecule has 0 radical (unpaired) electrons. The maximum Gasteiger partial charge on any atom is 0.222 e. The molecule has 0 aliphatic carbocycles. The summed E-state index contributed by atoms with van der Waals surface area (Å²) in [5.74, 6) is 1.43. The molecule has 1 amide bonds. The summed E-state index contributed by atoms with van der Waals surface area (Å²) in [6, 6.07) is 3.67. The Balaban J connectivity index is 1.61. The summed E-state index contributed by atoms with van der Waals surface area (Å²) < 4.78 is 13.8. The molecule has 128 valence electrons. The summed E-state index contributed by atoms with van der Waals surface area (Å²) in [5, 5.41) is 7.20. The first-order valence-electron chi connectivity index (χ1n) is 7.90. The van der Waals surface area contributed by atoms with Crippen LogP contribution in [0.25, 0.3) is 0 Å². The smallest absolute Gasteiger partial charge is 0.222 e. The van der Waals surface area contributed by atoms with Gasteiger partial charge in [0.05, 0.1) is 12.2 Å². The number of carbonyl (C=O) groups excluding carboxylic acids is 1. The monoisotopic (exact) mass is 393 g/mol. The standard InChI is InChI=1S/C17H20BrN3O3/c1-11-9-19-21(10-11)4-3-17(22)20-12(2)13-7-15-16(8-14(13)18)24-6-5-23-15/h7-10,12H,3-6H2,1-2H3,(H,20,22). The molecule has 0 bridgehead atoms. The summed E-state index contributed by atoms with van der Waals surface area (Å²) >= 11 is 3.54. The number of amides is 1. The fourth-order valence-electron chi connectivity index (χ4n) is 2.61. The van der Waals surface area contributed by atoms with E-state index in [0.717, 1.165) is 21.3 Å². The van der Waals surface area contributed by atoms with Gasteiger partial charge in [-0.15, -0.1) is 0 Å². The molecule has 1 unspecified atom stereocenters. The average molecular weight is 394 g/mol. The largest absolute Gasteiger partial charge is 0.486 e. The van der Waals surface area contributed by atoms with Crippen molar-refractivity contribution in [3.63, 3.8) is 0 Å². The first-order chi connectivity index (χ1) is 11.5. The molecule has 1 aromatic heterocycles. The zero-order valence-electron chi connectivity index (χ0n) is 13.7. The second-order valence-electron chi connectivity index (χ2n) is 5.84. The van der Waals surface area contributed by atoms with Crippen LogP contribution in [0.15, 0.2) is 29.0 Å². The van der Waals surface area contributed by atoms with Crippen LogP contribution in [0.2, 0.25) is 0 Å². The van der Waals surface area contributed by atoms with Gasteiger partial charge in [0.25, 0.3) is 0 Å². The minimum absolute atomic E-state index is 0.0163. The summed E-state index contributed by atoms with van der Waals surface area (Å²) in [4.78, 5) is 12.2. The molecule has 1 aromatic carbocycles. The number of halogens is 1. The number of nitrogens with zero attached hydrogens (tertiary/aromatic N) is 2. The number of benzene rings is 1. The van der Waals surface area contributed by atoms with Crippen molar-refractivity contribution in [2.75, 3.05) is 13.2 Å². The summed E-state index contributed by atoms with van der Waals surface area (Å²) in [6.07, 6.45) is 4.09. The van der Waals surface area contributed by atoms with Crippen LogP contribution in [-0.2, 0) is 11.3 Å². The fraction of sp³-hybridized carbons (Fsp3) is 0.412. The van der Waals surface area contributed by atoms with Crippen molar-refractivity contribution in [2.24, 2.45) is 0 Å². The molecule has 24 heavy (non-hydrogen) atoms. The van der Waals surface area contributed by atoms with Crippen LogP contribution in [0.5, 0.6) is 11.5 Å². The molecule has 6 nitrogen and oxygen atoms in total. The topological polar surface area (TPSA) is 65.4 Å². The molecule has 1 N–H and O–H groups in total. The Hall–Kier alpha value is -2.02. The molecule has 0 fully saturated rings. The molecule has 7 heteroatoms. The molecule has 0 saturated carbocycles. The van der Waals surface area contributed by atoms with Gasteiger partial charge >= 0.3 is 0 Å². The number of fused-ring (bicyclic) bond motifs is 1. The Morgan fingerprint density at radius 1 is 1.38 bits per heavy atom. The molecule has 1 aliphatic rings. The van der Waals surface area contributed by atoms with Crippen LogP contribution in [0.1, 0.15) is 30.5 Å². The second-order valence-corrected chi connectivity index (χ2v) is 6.69. The molecule has 0 spiro atoms. The van der Waals surface area contributed by atoms with Crippen LogP contribution >= 0.6 is 15.9 Å². The molecule has 2 heterocycles. The highest BCUT2D eigenvalue weighted by atomic mass is 79.9. The highest BCUT2D eigenvalue weighted by Gasteiger charge is 2.19. The Labute approximate surface area is 149 Å². The van der Waals surface area contributed by atoms with Crippen LogP contribution in [0.4, 0.5) is 0 Å². The highest BCUT2D eigenvalue weighted by molar-refractivity contribution is 9.10. The van der Waals surface area contributed by atoms with Gasteiger partial charge in [0.15, 0.2) is 11.5 Å². The van der Waals surface area contributed by atoms with Gasteiger partial charge in [0.1, 0.15) is 13.2 Å². The van der Waals surface area contributed by atoms with Crippen molar-refractivity contribution >= 4 is 21.8 Å². The normalized spacial score (nSPS) is 14.3. The van der Waals surface area contributed by atoms with E-state index in [2.05, 4.69) is 26.3 Å². The third-order valence-electron chi connectivity index (χ3n) is 3.84. The Bertz CT molecular complexity index is 745. The second kappa shape index (κ2) is 7.25. The van der Waals surface area contributed by atoms with Gasteiger partial charge in [-0.3, -0.25) is 9.48 Å². The van der Waals surface area contributed by atoms with Gasteiger partial charge in [-0.25, -0.2) is 0 Å². The molecule has 1 atom stereocenters. The molecule has 0 saturated heterocycles. The van der Waals surface area contributed by atoms with Gasteiger partial charge in [-0.2, -0.15) is 5.10 Å². The number of hydrogen-bond acceptors (Lipinski definition) is 4. The predicted octanol–water partition coefficient (Wildman–Crippen LogP) is 2.99. The van der Waals surface area contributed by atoms with Gasteiger partial charge < -0.3 is 14.8 Å². The number of aryl methyl sites for hydroxylation is 2. The van der Waals surface area contributed by atoms with Crippen LogP contribution in [0, 0.1) is 6.92 Å². The predicted molar refractivity (Wildman–Crippen MR) is 93.3 cm³/mol. The maximum absolute atomic E-state index is 12.2. The SMILES string of the molecule is Cc1cnn(CCC(=O)NC(C)c2cc3c(cc2Br)OCCO3)c1. The highest BCUT2D eigenvalue weighted by Crippen LogP contribution is 2.37. The minimum Gasteiger partial charge on any atom is -0.486 e. The lowest BCUT2D eigenvalue weighted by atomic mass is 10.1. The van der Waals surface area contributed by atoms with E-state index in [1.807, 2.05) is 32.2 Å². The molecular formula is C17H20BrN3O3. The molecule has 2 aromatic rings. The van der Waals surface area contributed by atoms with Crippen molar-refractivity contribution in [3.05, 3.63) is 40.1 Å². The summed E-state index contributed by atoms with van der Waals surface area (Å²) in [5.41, 5.74) is 2.05. The van der Waals surface area contributed by atoms with Crippen molar-refractivity contribution in [1.29, 1.82) is 0 Å². The van der Waals surface area contributed by atoms with E-state index in [-0.39, 0.29) is 11.9 Å². The molecule has 3 rings (SSSR count). The number of ether oxygens (including phenoxy) is 2. The van der Waals surface area contributed by atoms with E-state index < -0.39 is 0 Å². The van der Waals surface area contributed by atoms with Gasteiger partial charge in [0.2, 0.25) is 5.91 Å². The zero-order chi connectivity index (χ0) is 17.1. The molecular weight excluding hydrogens is 374 g/mol. The Kier molecular flexibility index (Phi) is 5.08. The third-order valence-corrected chi connectivity index (χ3v) is 4.52. The average Bonchev–Trinajstić information content (AvgIpc) is 2.97. The number of nitrogens with one attached hydrogen (secondary N) is 1. The van der Waals surface area contributed by atoms with E-state index in [1.54, 1.807) is 10.9 Å². The van der Waals surface area contributed by atoms with E-state index in [0.29, 0.717) is 31.9 Å². The van der Waals surface area contributed by atoms with Gasteiger partial charge in [0, 0.05) is 23.6 Å². The first-order valence-corrected chi connectivity index (χ1v) is 8.69. The lowest BCUT2D eigenvalue weighted by Crippen LogP contribution is -2.28. The molecule has 1 aliphatic heterocycles. The Morgan fingerprint density at radius 2 is 2.08 bits per heavy atom. The van der Waals surface area contributed by atoms with E-state index in [9.17, 15) is 4.79 Å². The summed E-state index contributed by atoms with van der Waals surface area (Å²) in [6.45, 7) is 5.59. The maximum atomic E-state index is 12.2. The fourth-order valence-corrected chi connectivity index (χ4v) is 3.27. The van der Waals surface area contributed by atoms with E-state index in [1.165, 1.54) is 0 Å². The number of hydrogen-bond donors (Lipinski definition) is 1. The quantitative estimate of drug-likeness (QED) is 0.847. The van der Waals surface area contributed by atoms with Gasteiger partial charge in [-0.1, -0.05) is 15.9 Å². The Morgan fingerprint density at radius 3 is 2.75 bits per heavy atom. The van der Waals surface area contributed by atoms with Gasteiger partial charge in [-0.05, 0) is 37.1 Å². The van der Waals surface area contributed by atoms with Crippen molar-refractivity contribution < 1.29 is 14.3 Å². The van der Waals surface area contributed by atoms with Crippen LogP contribution in [0.3, 0.4) is 0 Å². The number of carbonyl (C=O) groups is 1. The van der Waals surface area contributed by atoms with Crippen molar-refractivity contribution in [2.45, 2.75) is 32.9 Å². The first kappa shape index (κ1) is 16.8. The van der Waals surface area contributed by atoms with E-state index >= 15 is 0 Å². The van der Waals surface area contributed by atoms with E-state index in [4.69, 9.17) is 9.47 Å². The number of aromatic nitrogens is 2. The third kappa shape index (κ3) is 3.90. The lowest BCUT2D eigenvalue weighted by molar-refractivity contribution is -0.122. The minimum atomic E-state index is -0.137. The van der Waals surface area contributed by atoms with Crippen molar-refractivity contribution in [3.8, 4) is 11.5 Å².